The maximum Gasteiger partial charge on any atom is 0.268 e. The average Bonchev–Trinajstić information content (AvgIpc) is 3.23. The standard InChI is InChI=1S/C18H19N3O4/c1-20(2)17(22)7-13-8-19-18(23)14-5-12(9-21(13)14)11-3-4-15-16(6-11)25-10-24-15/h3-6,9,13H,7-8,10H2,1-2H3,(H,19,23). The van der Waals surface area contributed by atoms with Gasteiger partial charge in [-0.05, 0) is 23.8 Å². The van der Waals surface area contributed by atoms with Crippen LogP contribution in [0.4, 0.5) is 0 Å². The molecule has 1 atom stereocenters. The maximum atomic E-state index is 12.2. The number of ether oxygens (including phenoxy) is 2. The Bertz CT molecular complexity index is 856. The van der Waals surface area contributed by atoms with Gasteiger partial charge in [0.15, 0.2) is 11.5 Å². The summed E-state index contributed by atoms with van der Waals surface area (Å²) in [4.78, 5) is 25.9. The molecule has 1 aromatic heterocycles. The van der Waals surface area contributed by atoms with Crippen LogP contribution >= 0.6 is 0 Å². The second-order valence-corrected chi connectivity index (χ2v) is 6.45. The Balaban J connectivity index is 1.68. The van der Waals surface area contributed by atoms with Crippen LogP contribution in [-0.4, -0.2) is 48.7 Å². The third-order valence-corrected chi connectivity index (χ3v) is 4.59. The van der Waals surface area contributed by atoms with Crippen molar-refractivity contribution in [3.05, 3.63) is 36.2 Å². The third kappa shape index (κ3) is 2.71. The average molecular weight is 341 g/mol. The van der Waals surface area contributed by atoms with Crippen molar-refractivity contribution in [2.24, 2.45) is 0 Å². The second-order valence-electron chi connectivity index (χ2n) is 6.45. The number of nitrogens with one attached hydrogen (secondary N) is 1. The Morgan fingerprint density at radius 1 is 1.24 bits per heavy atom. The van der Waals surface area contributed by atoms with E-state index in [4.69, 9.17) is 9.47 Å². The van der Waals surface area contributed by atoms with Crippen molar-refractivity contribution >= 4 is 11.8 Å². The summed E-state index contributed by atoms with van der Waals surface area (Å²) in [6.45, 7) is 0.669. The van der Waals surface area contributed by atoms with E-state index in [1.165, 1.54) is 0 Å². The Morgan fingerprint density at radius 2 is 2.04 bits per heavy atom. The van der Waals surface area contributed by atoms with Crippen LogP contribution in [0.5, 0.6) is 11.5 Å². The van der Waals surface area contributed by atoms with Gasteiger partial charge in [-0.1, -0.05) is 6.07 Å². The molecule has 7 nitrogen and oxygen atoms in total. The summed E-state index contributed by atoms with van der Waals surface area (Å²) in [6, 6.07) is 7.46. The highest BCUT2D eigenvalue weighted by Gasteiger charge is 2.28. The minimum atomic E-state index is -0.124. The minimum Gasteiger partial charge on any atom is -0.454 e. The molecule has 2 aromatic rings. The number of hydrogen-bond donors (Lipinski definition) is 1. The molecule has 0 bridgehead atoms. The van der Waals surface area contributed by atoms with E-state index >= 15 is 0 Å². The summed E-state index contributed by atoms with van der Waals surface area (Å²) in [7, 11) is 3.47. The largest absolute Gasteiger partial charge is 0.454 e. The van der Waals surface area contributed by atoms with Gasteiger partial charge < -0.3 is 24.3 Å². The van der Waals surface area contributed by atoms with Gasteiger partial charge in [-0.25, -0.2) is 0 Å². The minimum absolute atomic E-state index is 0.0328. The molecule has 0 radical (unpaired) electrons. The molecule has 2 aliphatic heterocycles. The fourth-order valence-corrected chi connectivity index (χ4v) is 3.15. The van der Waals surface area contributed by atoms with Gasteiger partial charge in [0.1, 0.15) is 5.69 Å². The van der Waals surface area contributed by atoms with Crippen LogP contribution in [0.25, 0.3) is 11.1 Å². The highest BCUT2D eigenvalue weighted by atomic mass is 16.7. The Labute approximate surface area is 145 Å². The van der Waals surface area contributed by atoms with Crippen LogP contribution in [-0.2, 0) is 4.79 Å². The van der Waals surface area contributed by atoms with Gasteiger partial charge in [-0.3, -0.25) is 9.59 Å². The fraction of sp³-hybridized carbons (Fsp3) is 0.333. The molecule has 4 rings (SSSR count). The van der Waals surface area contributed by atoms with Gasteiger partial charge in [0, 0.05) is 38.8 Å². The third-order valence-electron chi connectivity index (χ3n) is 4.59. The number of carbonyl (C=O) groups excluding carboxylic acids is 2. The molecular weight excluding hydrogens is 322 g/mol. The zero-order chi connectivity index (χ0) is 17.6. The molecule has 2 aliphatic rings. The van der Waals surface area contributed by atoms with E-state index in [0.717, 1.165) is 16.9 Å². The second kappa shape index (κ2) is 5.84. The molecule has 25 heavy (non-hydrogen) atoms. The molecular formula is C18H19N3O4. The first kappa shape index (κ1) is 15.6. The van der Waals surface area contributed by atoms with Crippen LogP contribution in [0.3, 0.4) is 0 Å². The van der Waals surface area contributed by atoms with E-state index in [2.05, 4.69) is 5.32 Å². The molecule has 0 fully saturated rings. The lowest BCUT2D eigenvalue weighted by Crippen LogP contribution is -2.40. The number of aromatic nitrogens is 1. The molecule has 0 saturated heterocycles. The summed E-state index contributed by atoms with van der Waals surface area (Å²) < 4.78 is 12.7. The van der Waals surface area contributed by atoms with E-state index in [0.29, 0.717) is 24.4 Å². The van der Waals surface area contributed by atoms with E-state index in [-0.39, 0.29) is 24.6 Å². The lowest BCUT2D eigenvalue weighted by Gasteiger charge is -2.27. The normalized spacial score (nSPS) is 17.8. The monoisotopic (exact) mass is 341 g/mol. The number of amides is 2. The van der Waals surface area contributed by atoms with E-state index in [1.54, 1.807) is 19.0 Å². The lowest BCUT2D eigenvalue weighted by molar-refractivity contribution is -0.129. The first-order valence-corrected chi connectivity index (χ1v) is 8.13. The molecule has 7 heteroatoms. The molecule has 1 N–H and O–H groups in total. The maximum absolute atomic E-state index is 12.2. The van der Waals surface area contributed by atoms with Crippen LogP contribution < -0.4 is 14.8 Å². The van der Waals surface area contributed by atoms with Crippen molar-refractivity contribution in [2.75, 3.05) is 27.4 Å². The number of hydrogen-bond acceptors (Lipinski definition) is 4. The summed E-state index contributed by atoms with van der Waals surface area (Å²) in [5, 5.41) is 2.86. The Hall–Kier alpha value is -2.96. The summed E-state index contributed by atoms with van der Waals surface area (Å²) >= 11 is 0. The molecule has 2 amide bonds. The number of benzene rings is 1. The van der Waals surface area contributed by atoms with Gasteiger partial charge in [0.05, 0.1) is 6.04 Å². The predicted molar refractivity (Wildman–Crippen MR) is 90.7 cm³/mol. The summed E-state index contributed by atoms with van der Waals surface area (Å²) in [5.74, 6) is 1.33. The van der Waals surface area contributed by atoms with Crippen molar-refractivity contribution in [1.82, 2.24) is 14.8 Å². The van der Waals surface area contributed by atoms with Crippen molar-refractivity contribution in [3.8, 4) is 22.6 Å². The van der Waals surface area contributed by atoms with E-state index in [9.17, 15) is 9.59 Å². The summed E-state index contributed by atoms with van der Waals surface area (Å²) in [6.07, 6.45) is 2.27. The Kier molecular flexibility index (Phi) is 3.63. The predicted octanol–water partition coefficient (Wildman–Crippen LogP) is 1.65. The summed E-state index contributed by atoms with van der Waals surface area (Å²) in [5.41, 5.74) is 2.42. The number of nitrogens with zero attached hydrogens (tertiary/aromatic N) is 2. The zero-order valence-corrected chi connectivity index (χ0v) is 14.1. The number of fused-ring (bicyclic) bond motifs is 2. The van der Waals surface area contributed by atoms with Crippen LogP contribution in [0.15, 0.2) is 30.5 Å². The molecule has 0 spiro atoms. The van der Waals surface area contributed by atoms with Gasteiger partial charge in [0.2, 0.25) is 12.7 Å². The first-order chi connectivity index (χ1) is 12.0. The van der Waals surface area contributed by atoms with Crippen LogP contribution in [0, 0.1) is 0 Å². The van der Waals surface area contributed by atoms with Gasteiger partial charge in [-0.15, -0.1) is 0 Å². The van der Waals surface area contributed by atoms with Crippen LogP contribution in [0.1, 0.15) is 23.0 Å². The highest BCUT2D eigenvalue weighted by Crippen LogP contribution is 2.37. The zero-order valence-electron chi connectivity index (χ0n) is 14.1. The molecule has 3 heterocycles. The fourth-order valence-electron chi connectivity index (χ4n) is 3.15. The van der Waals surface area contributed by atoms with Gasteiger partial charge in [-0.2, -0.15) is 0 Å². The van der Waals surface area contributed by atoms with Gasteiger partial charge >= 0.3 is 0 Å². The molecule has 1 aromatic carbocycles. The quantitative estimate of drug-likeness (QED) is 0.921. The van der Waals surface area contributed by atoms with Crippen molar-refractivity contribution < 1.29 is 19.1 Å². The molecule has 1 unspecified atom stereocenters. The van der Waals surface area contributed by atoms with Crippen molar-refractivity contribution in [3.63, 3.8) is 0 Å². The smallest absolute Gasteiger partial charge is 0.268 e. The highest BCUT2D eigenvalue weighted by molar-refractivity contribution is 5.95. The number of carbonyl (C=O) groups is 2. The first-order valence-electron chi connectivity index (χ1n) is 8.13. The van der Waals surface area contributed by atoms with Crippen molar-refractivity contribution in [2.45, 2.75) is 12.5 Å². The molecule has 0 saturated carbocycles. The molecule has 130 valence electrons. The molecule has 0 aliphatic carbocycles. The number of rotatable bonds is 3. The van der Waals surface area contributed by atoms with E-state index < -0.39 is 0 Å². The van der Waals surface area contributed by atoms with Crippen LogP contribution in [0.2, 0.25) is 0 Å². The van der Waals surface area contributed by atoms with Gasteiger partial charge in [0.25, 0.3) is 5.91 Å². The van der Waals surface area contributed by atoms with Crippen molar-refractivity contribution in [1.29, 1.82) is 0 Å². The van der Waals surface area contributed by atoms with E-state index in [1.807, 2.05) is 35.0 Å². The Morgan fingerprint density at radius 3 is 2.84 bits per heavy atom. The SMILES string of the molecule is CN(C)C(=O)CC1CNC(=O)c2cc(-c3ccc4c(c3)OCO4)cn21. The lowest BCUT2D eigenvalue weighted by atomic mass is 10.1. The topological polar surface area (TPSA) is 72.8 Å².